The van der Waals surface area contributed by atoms with Gasteiger partial charge in [-0.1, -0.05) is 18.2 Å². The van der Waals surface area contributed by atoms with Crippen LogP contribution in [0.25, 0.3) is 0 Å². The van der Waals surface area contributed by atoms with Crippen LogP contribution in [0.3, 0.4) is 0 Å². The molecular formula is C14H12O5S. The average molecular weight is 292 g/mol. The van der Waals surface area contributed by atoms with Crippen LogP contribution in [0.5, 0.6) is 0 Å². The predicted octanol–water partition coefficient (Wildman–Crippen LogP) is 2.11. The molecule has 1 aliphatic heterocycles. The molecule has 0 N–H and O–H groups in total. The maximum Gasteiger partial charge on any atom is 0.307 e. The summed E-state index contributed by atoms with van der Waals surface area (Å²) in [5.74, 6) is -0.513. The SMILES string of the molecule is O=C1C[C@@H](S(=O)(=O)c2ccccc2)[C@H](c2ccoc2)O1. The lowest BCUT2D eigenvalue weighted by Crippen LogP contribution is -2.24. The first-order chi connectivity index (χ1) is 9.59. The maximum absolute atomic E-state index is 12.6. The molecule has 0 radical (unpaired) electrons. The standard InChI is InChI=1S/C14H12O5S/c15-13-8-12(14(19-13)10-6-7-18-9-10)20(16,17)11-4-2-1-3-5-11/h1-7,9,12,14H,8H2/t12-,14+/m1/s1. The molecule has 20 heavy (non-hydrogen) atoms. The highest BCUT2D eigenvalue weighted by Gasteiger charge is 2.45. The van der Waals surface area contributed by atoms with Crippen molar-refractivity contribution in [3.05, 3.63) is 54.5 Å². The van der Waals surface area contributed by atoms with Crippen molar-refractivity contribution in [2.75, 3.05) is 0 Å². The van der Waals surface area contributed by atoms with E-state index in [1.165, 1.54) is 24.7 Å². The molecule has 0 amide bonds. The van der Waals surface area contributed by atoms with E-state index >= 15 is 0 Å². The van der Waals surface area contributed by atoms with E-state index in [1.54, 1.807) is 24.3 Å². The third kappa shape index (κ3) is 2.12. The van der Waals surface area contributed by atoms with E-state index in [0.717, 1.165) is 0 Å². The van der Waals surface area contributed by atoms with Gasteiger partial charge in [0.05, 0.1) is 23.8 Å². The van der Waals surface area contributed by atoms with Gasteiger partial charge in [0.25, 0.3) is 0 Å². The average Bonchev–Trinajstić information content (AvgIpc) is 3.08. The summed E-state index contributed by atoms with van der Waals surface area (Å²) >= 11 is 0. The summed E-state index contributed by atoms with van der Waals surface area (Å²) in [5.41, 5.74) is 0.556. The largest absolute Gasteiger partial charge is 0.472 e. The molecule has 3 rings (SSSR count). The number of hydrogen-bond donors (Lipinski definition) is 0. The number of furan rings is 1. The van der Waals surface area contributed by atoms with Crippen molar-refractivity contribution in [2.45, 2.75) is 22.7 Å². The Morgan fingerprint density at radius 2 is 1.85 bits per heavy atom. The minimum absolute atomic E-state index is 0.146. The van der Waals surface area contributed by atoms with Crippen molar-refractivity contribution in [1.29, 1.82) is 0 Å². The van der Waals surface area contributed by atoms with Crippen molar-refractivity contribution >= 4 is 15.8 Å². The smallest absolute Gasteiger partial charge is 0.307 e. The molecule has 2 aromatic rings. The highest BCUT2D eigenvalue weighted by molar-refractivity contribution is 7.92. The van der Waals surface area contributed by atoms with Crippen molar-refractivity contribution < 1.29 is 22.4 Å². The number of benzene rings is 1. The molecule has 2 heterocycles. The molecular weight excluding hydrogens is 280 g/mol. The topological polar surface area (TPSA) is 73.6 Å². The van der Waals surface area contributed by atoms with Gasteiger partial charge in [0.2, 0.25) is 0 Å². The molecule has 1 saturated heterocycles. The number of cyclic esters (lactones) is 1. The molecule has 1 aliphatic rings. The second kappa shape index (κ2) is 4.79. The van der Waals surface area contributed by atoms with Gasteiger partial charge in [0, 0.05) is 5.56 Å². The molecule has 0 aliphatic carbocycles. The number of carbonyl (C=O) groups excluding carboxylic acids is 1. The summed E-state index contributed by atoms with van der Waals surface area (Å²) < 4.78 is 35.3. The Labute approximate surface area is 116 Å². The lowest BCUT2D eigenvalue weighted by Gasteiger charge is -2.16. The molecule has 1 aromatic carbocycles. The number of esters is 1. The predicted molar refractivity (Wildman–Crippen MR) is 69.6 cm³/mol. The number of carbonyl (C=O) groups is 1. The molecule has 0 saturated carbocycles. The van der Waals surface area contributed by atoms with Crippen LogP contribution < -0.4 is 0 Å². The minimum atomic E-state index is -3.63. The van der Waals surface area contributed by atoms with Crippen LogP contribution in [0, 0.1) is 0 Å². The quantitative estimate of drug-likeness (QED) is 0.810. The van der Waals surface area contributed by atoms with Crippen LogP contribution >= 0.6 is 0 Å². The van der Waals surface area contributed by atoms with E-state index in [0.29, 0.717) is 5.56 Å². The summed E-state index contributed by atoms with van der Waals surface area (Å²) in [4.78, 5) is 11.7. The maximum atomic E-state index is 12.6. The molecule has 5 nitrogen and oxygen atoms in total. The van der Waals surface area contributed by atoms with E-state index in [-0.39, 0.29) is 11.3 Å². The van der Waals surface area contributed by atoms with Gasteiger partial charge in [-0.25, -0.2) is 8.42 Å². The Balaban J connectivity index is 2.02. The van der Waals surface area contributed by atoms with Gasteiger partial charge < -0.3 is 9.15 Å². The summed E-state index contributed by atoms with van der Waals surface area (Å²) in [6.07, 6.45) is 1.86. The first-order valence-electron chi connectivity index (χ1n) is 6.09. The van der Waals surface area contributed by atoms with Crippen LogP contribution in [0.1, 0.15) is 18.1 Å². The van der Waals surface area contributed by atoms with Gasteiger partial charge >= 0.3 is 5.97 Å². The van der Waals surface area contributed by atoms with Crippen molar-refractivity contribution in [3.8, 4) is 0 Å². The fraction of sp³-hybridized carbons (Fsp3) is 0.214. The number of hydrogen-bond acceptors (Lipinski definition) is 5. The molecule has 0 spiro atoms. The second-order valence-corrected chi connectivity index (χ2v) is 6.73. The number of rotatable bonds is 3. The summed E-state index contributed by atoms with van der Waals surface area (Å²) in [5, 5.41) is -0.921. The molecule has 0 unspecified atom stereocenters. The first-order valence-corrected chi connectivity index (χ1v) is 7.64. The fourth-order valence-corrected chi connectivity index (χ4v) is 4.09. The fourth-order valence-electron chi connectivity index (χ4n) is 2.31. The van der Waals surface area contributed by atoms with Gasteiger partial charge in [-0.2, -0.15) is 0 Å². The Hall–Kier alpha value is -2.08. The van der Waals surface area contributed by atoms with Gasteiger partial charge in [-0.05, 0) is 18.2 Å². The van der Waals surface area contributed by atoms with Crippen molar-refractivity contribution in [2.24, 2.45) is 0 Å². The van der Waals surface area contributed by atoms with Crippen molar-refractivity contribution in [3.63, 3.8) is 0 Å². The first kappa shape index (κ1) is 12.9. The monoisotopic (exact) mass is 292 g/mol. The lowest BCUT2D eigenvalue weighted by atomic mass is 10.1. The summed E-state index contributed by atoms with van der Waals surface area (Å²) in [6.45, 7) is 0. The van der Waals surface area contributed by atoms with Gasteiger partial charge in [-0.15, -0.1) is 0 Å². The third-order valence-corrected chi connectivity index (χ3v) is 5.45. The van der Waals surface area contributed by atoms with Gasteiger partial charge in [-0.3, -0.25) is 4.79 Å². The molecule has 6 heteroatoms. The second-order valence-electron chi connectivity index (χ2n) is 4.57. The van der Waals surface area contributed by atoms with E-state index in [4.69, 9.17) is 9.15 Å². The lowest BCUT2D eigenvalue weighted by molar-refractivity contribution is -0.141. The third-order valence-electron chi connectivity index (χ3n) is 3.31. The van der Waals surface area contributed by atoms with Crippen molar-refractivity contribution in [1.82, 2.24) is 0 Å². The zero-order valence-electron chi connectivity index (χ0n) is 10.4. The van der Waals surface area contributed by atoms with E-state index < -0.39 is 27.2 Å². The van der Waals surface area contributed by atoms with Crippen LogP contribution in [-0.4, -0.2) is 19.6 Å². The van der Waals surface area contributed by atoms with Gasteiger partial charge in [0.15, 0.2) is 9.84 Å². The molecule has 104 valence electrons. The zero-order valence-corrected chi connectivity index (χ0v) is 11.2. The van der Waals surface area contributed by atoms with Crippen LogP contribution in [0.2, 0.25) is 0 Å². The Morgan fingerprint density at radius 3 is 2.50 bits per heavy atom. The Kier molecular flexibility index (Phi) is 3.10. The molecule has 2 atom stereocenters. The summed E-state index contributed by atoms with van der Waals surface area (Å²) in [7, 11) is -3.63. The zero-order chi connectivity index (χ0) is 14.2. The molecule has 1 fully saturated rings. The van der Waals surface area contributed by atoms with E-state index in [9.17, 15) is 13.2 Å². The molecule has 1 aromatic heterocycles. The number of ether oxygens (including phenoxy) is 1. The Morgan fingerprint density at radius 1 is 1.10 bits per heavy atom. The highest BCUT2D eigenvalue weighted by atomic mass is 32.2. The number of sulfone groups is 1. The van der Waals surface area contributed by atoms with E-state index in [2.05, 4.69) is 0 Å². The van der Waals surface area contributed by atoms with Crippen LogP contribution in [0.4, 0.5) is 0 Å². The van der Waals surface area contributed by atoms with Gasteiger partial charge in [0.1, 0.15) is 11.4 Å². The summed E-state index contributed by atoms with van der Waals surface area (Å²) in [6, 6.07) is 9.68. The van der Waals surface area contributed by atoms with Crippen LogP contribution in [-0.2, 0) is 19.4 Å². The Bertz CT molecular complexity index is 703. The van der Waals surface area contributed by atoms with Crippen LogP contribution in [0.15, 0.2) is 58.2 Å². The normalized spacial score (nSPS) is 22.7. The minimum Gasteiger partial charge on any atom is -0.472 e. The van der Waals surface area contributed by atoms with E-state index in [1.807, 2.05) is 0 Å². The molecule has 0 bridgehead atoms. The highest BCUT2D eigenvalue weighted by Crippen LogP contribution is 2.37.